The van der Waals surface area contributed by atoms with E-state index in [1.807, 2.05) is 44.6 Å². The lowest BCUT2D eigenvalue weighted by molar-refractivity contribution is 0.0177. The summed E-state index contributed by atoms with van der Waals surface area (Å²) in [6.45, 7) is 7.23. The van der Waals surface area contributed by atoms with E-state index in [9.17, 15) is 13.2 Å². The van der Waals surface area contributed by atoms with Gasteiger partial charge in [0.15, 0.2) is 9.84 Å². The first-order chi connectivity index (χ1) is 17.3. The van der Waals surface area contributed by atoms with Crippen LogP contribution in [0, 0.1) is 5.92 Å². The number of ether oxygens (including phenoxy) is 2. The number of benzene rings is 1. The van der Waals surface area contributed by atoms with Crippen LogP contribution in [-0.2, 0) is 21.6 Å². The Balaban J connectivity index is 1.44. The first-order valence-corrected chi connectivity index (χ1v) is 14.5. The summed E-state index contributed by atoms with van der Waals surface area (Å²) in [5.41, 5.74) is 1.32. The predicted octanol–water partition coefficient (Wildman–Crippen LogP) is 5.11. The number of likely N-dealkylation sites (tertiary alicyclic amines) is 1. The van der Waals surface area contributed by atoms with Crippen LogP contribution in [0.2, 0.25) is 5.28 Å². The molecule has 1 saturated heterocycles. The summed E-state index contributed by atoms with van der Waals surface area (Å²) in [5.74, 6) is 0.691. The second-order valence-corrected chi connectivity index (χ2v) is 12.8. The molecule has 1 amide bonds. The maximum absolute atomic E-state index is 12.6. The van der Waals surface area contributed by atoms with Gasteiger partial charge in [-0.1, -0.05) is 0 Å². The molecule has 1 aliphatic heterocycles. The topological polar surface area (TPSA) is 104 Å². The molecule has 9 nitrogen and oxygen atoms in total. The number of nitrogens with zero attached hydrogens (tertiary/aromatic N) is 4. The normalized spacial score (nSPS) is 15.2. The van der Waals surface area contributed by atoms with Gasteiger partial charge in [0, 0.05) is 43.5 Å². The minimum atomic E-state index is -3.57. The lowest BCUT2D eigenvalue weighted by atomic mass is 9.94. The zero-order chi connectivity index (χ0) is 27.0. The number of aryl methyl sites for hydroxylation is 1. The summed E-state index contributed by atoms with van der Waals surface area (Å²) in [5, 5.41) is 0.862. The molecule has 200 valence electrons. The first-order valence-electron chi connectivity index (χ1n) is 12.3. The van der Waals surface area contributed by atoms with Crippen molar-refractivity contribution in [3.05, 3.63) is 35.7 Å². The number of sulfone groups is 1. The van der Waals surface area contributed by atoms with E-state index >= 15 is 0 Å². The number of rotatable bonds is 6. The third kappa shape index (κ3) is 6.54. The Kier molecular flexibility index (Phi) is 7.71. The number of hydrogen-bond acceptors (Lipinski definition) is 7. The monoisotopic (exact) mass is 548 g/mol. The van der Waals surface area contributed by atoms with Crippen LogP contribution in [0.3, 0.4) is 0 Å². The number of carbonyl (C=O) groups is 1. The fourth-order valence-electron chi connectivity index (χ4n) is 4.46. The average molecular weight is 549 g/mol. The zero-order valence-corrected chi connectivity index (χ0v) is 23.4. The second kappa shape index (κ2) is 10.5. The van der Waals surface area contributed by atoms with Crippen molar-refractivity contribution in [1.29, 1.82) is 0 Å². The van der Waals surface area contributed by atoms with Gasteiger partial charge in [0.2, 0.25) is 5.28 Å². The second-order valence-electron chi connectivity index (χ2n) is 10.5. The maximum atomic E-state index is 12.6. The molecule has 0 unspecified atom stereocenters. The molecule has 0 aliphatic carbocycles. The van der Waals surface area contributed by atoms with Crippen molar-refractivity contribution in [3.63, 3.8) is 0 Å². The van der Waals surface area contributed by atoms with Crippen molar-refractivity contribution in [3.8, 4) is 17.0 Å². The zero-order valence-electron chi connectivity index (χ0n) is 21.8. The third-order valence-electron chi connectivity index (χ3n) is 6.36. The SMILES string of the molecule is Cn1ccc2c(-c3ccc(OCCC4CCN(C(=O)OC(C)(C)C)CC4)c(S(C)(=O)=O)c3)nc(Cl)nc21. The van der Waals surface area contributed by atoms with Gasteiger partial charge >= 0.3 is 6.09 Å². The van der Waals surface area contributed by atoms with Crippen LogP contribution in [0.25, 0.3) is 22.3 Å². The molecule has 1 aliphatic rings. The Hall–Kier alpha value is -2.85. The Labute approximate surface area is 222 Å². The van der Waals surface area contributed by atoms with Gasteiger partial charge in [-0.25, -0.2) is 18.2 Å². The molecule has 2 aromatic heterocycles. The molecule has 0 radical (unpaired) electrons. The van der Waals surface area contributed by atoms with E-state index in [1.54, 1.807) is 23.1 Å². The molecule has 0 spiro atoms. The van der Waals surface area contributed by atoms with E-state index in [1.165, 1.54) is 0 Å². The Morgan fingerprint density at radius 2 is 1.86 bits per heavy atom. The van der Waals surface area contributed by atoms with Crippen molar-refractivity contribution in [2.75, 3.05) is 26.0 Å². The molecule has 3 aromatic rings. The minimum Gasteiger partial charge on any atom is -0.492 e. The standard InChI is InChI=1S/C26H33ClN4O5S/c1-26(2,3)36-25(32)31-13-8-17(9-14-31)11-15-35-20-7-6-18(16-21(20)37(5,33)34)22-19-10-12-30(4)23(19)29-24(27)28-22/h6-7,10,12,16-17H,8-9,11,13-15H2,1-5H3. The van der Waals surface area contributed by atoms with Gasteiger partial charge in [0.1, 0.15) is 21.9 Å². The molecule has 0 atom stereocenters. The van der Waals surface area contributed by atoms with Gasteiger partial charge in [-0.2, -0.15) is 4.98 Å². The quantitative estimate of drug-likeness (QED) is 0.394. The van der Waals surface area contributed by atoms with Crippen molar-refractivity contribution in [2.45, 2.75) is 50.5 Å². The summed E-state index contributed by atoms with van der Waals surface area (Å²) in [7, 11) is -1.72. The number of fused-ring (bicyclic) bond motifs is 1. The summed E-state index contributed by atoms with van der Waals surface area (Å²) in [4.78, 5) is 22.8. The lowest BCUT2D eigenvalue weighted by Gasteiger charge is -2.33. The molecular weight excluding hydrogens is 516 g/mol. The van der Waals surface area contributed by atoms with Gasteiger partial charge in [-0.3, -0.25) is 0 Å². The minimum absolute atomic E-state index is 0.0863. The number of aromatic nitrogens is 3. The fourth-order valence-corrected chi connectivity index (χ4v) is 5.46. The third-order valence-corrected chi connectivity index (χ3v) is 7.65. The molecule has 3 heterocycles. The highest BCUT2D eigenvalue weighted by atomic mass is 35.5. The van der Waals surface area contributed by atoms with Gasteiger partial charge in [-0.15, -0.1) is 0 Å². The smallest absolute Gasteiger partial charge is 0.410 e. The Morgan fingerprint density at radius 3 is 2.51 bits per heavy atom. The van der Waals surface area contributed by atoms with Crippen LogP contribution in [0.1, 0.15) is 40.0 Å². The number of halogens is 1. The van der Waals surface area contributed by atoms with Crippen molar-refractivity contribution in [1.82, 2.24) is 19.4 Å². The number of piperidine rings is 1. The number of amides is 1. The molecule has 1 fully saturated rings. The van der Waals surface area contributed by atoms with Gasteiger partial charge in [-0.05, 0) is 81.8 Å². The van der Waals surface area contributed by atoms with Gasteiger partial charge in [0.05, 0.1) is 12.3 Å². The summed E-state index contributed by atoms with van der Waals surface area (Å²) < 4.78 is 38.5. The van der Waals surface area contributed by atoms with Crippen LogP contribution in [-0.4, -0.2) is 65.5 Å². The van der Waals surface area contributed by atoms with Crippen molar-refractivity contribution < 1.29 is 22.7 Å². The van der Waals surface area contributed by atoms with E-state index in [4.69, 9.17) is 21.1 Å². The Morgan fingerprint density at radius 1 is 1.16 bits per heavy atom. The van der Waals surface area contributed by atoms with Crippen LogP contribution < -0.4 is 4.74 Å². The maximum Gasteiger partial charge on any atom is 0.410 e. The molecule has 37 heavy (non-hydrogen) atoms. The summed E-state index contributed by atoms with van der Waals surface area (Å²) >= 11 is 6.15. The Bertz CT molecular complexity index is 1410. The lowest BCUT2D eigenvalue weighted by Crippen LogP contribution is -2.41. The highest BCUT2D eigenvalue weighted by Gasteiger charge is 2.27. The molecule has 0 saturated carbocycles. The molecule has 11 heteroatoms. The molecular formula is C26H33ClN4O5S. The number of hydrogen-bond donors (Lipinski definition) is 0. The highest BCUT2D eigenvalue weighted by molar-refractivity contribution is 7.90. The predicted molar refractivity (Wildman–Crippen MR) is 143 cm³/mol. The van der Waals surface area contributed by atoms with Gasteiger partial charge < -0.3 is 18.9 Å². The summed E-state index contributed by atoms with van der Waals surface area (Å²) in [6, 6.07) is 6.91. The average Bonchev–Trinajstić information content (AvgIpc) is 3.18. The highest BCUT2D eigenvalue weighted by Crippen LogP contribution is 2.34. The fraction of sp³-hybridized carbons (Fsp3) is 0.500. The van der Waals surface area contributed by atoms with Crippen molar-refractivity contribution in [2.24, 2.45) is 13.0 Å². The summed E-state index contributed by atoms with van der Waals surface area (Å²) in [6.07, 6.45) is 5.20. The van der Waals surface area contributed by atoms with Crippen LogP contribution in [0.15, 0.2) is 35.4 Å². The van der Waals surface area contributed by atoms with Crippen LogP contribution >= 0.6 is 11.6 Å². The number of carbonyl (C=O) groups excluding carboxylic acids is 1. The van der Waals surface area contributed by atoms with E-state index < -0.39 is 15.4 Å². The first kappa shape index (κ1) is 27.2. The van der Waals surface area contributed by atoms with E-state index in [-0.39, 0.29) is 16.3 Å². The van der Waals surface area contributed by atoms with Gasteiger partial charge in [0.25, 0.3) is 0 Å². The van der Waals surface area contributed by atoms with E-state index in [2.05, 4.69) is 9.97 Å². The molecule has 0 bridgehead atoms. The molecule has 1 aromatic carbocycles. The van der Waals surface area contributed by atoms with Crippen LogP contribution in [0.5, 0.6) is 5.75 Å². The van der Waals surface area contributed by atoms with Crippen LogP contribution in [0.4, 0.5) is 4.79 Å². The van der Waals surface area contributed by atoms with Crippen molar-refractivity contribution >= 4 is 38.6 Å². The largest absolute Gasteiger partial charge is 0.492 e. The molecule has 0 N–H and O–H groups in total. The van der Waals surface area contributed by atoms with E-state index in [0.717, 1.165) is 30.9 Å². The molecule has 4 rings (SSSR count). The van der Waals surface area contributed by atoms with E-state index in [0.29, 0.717) is 48.3 Å².